The van der Waals surface area contributed by atoms with E-state index in [1.165, 1.54) is 33.9 Å². The number of hydrogen-bond acceptors (Lipinski definition) is 8. The van der Waals surface area contributed by atoms with Gasteiger partial charge in [-0.1, -0.05) is 6.92 Å². The van der Waals surface area contributed by atoms with E-state index >= 15 is 0 Å². The number of aliphatic hydroxyl groups excluding tert-OH is 2. The molecule has 0 spiro atoms. The van der Waals surface area contributed by atoms with E-state index in [9.17, 15) is 34.8 Å². The molecule has 0 radical (unpaired) electrons. The maximum absolute atomic E-state index is 12.8. The Balaban J connectivity index is 2.29. The highest BCUT2D eigenvalue weighted by atomic mass is 16.5. The van der Waals surface area contributed by atoms with Crippen LogP contribution in [0.5, 0.6) is 17.2 Å². The first-order valence-electron chi connectivity index (χ1n) is 10.5. The molecule has 2 rings (SSSR count). The first-order chi connectivity index (χ1) is 14.9. The molecule has 1 aliphatic rings. The Kier molecular flexibility index (Phi) is 7.38. The van der Waals surface area contributed by atoms with Gasteiger partial charge in [0, 0.05) is 30.0 Å². The van der Waals surface area contributed by atoms with Crippen molar-refractivity contribution in [2.24, 2.45) is 5.41 Å². The number of ketones is 3. The SMILES string of the molecule is CCCC(=O)c1c(O)cc(OC)c(CCCC(=O)C2=C(O)C(C)=C(O)C(C)(C)C2=O)c1O. The minimum Gasteiger partial charge on any atom is -0.511 e. The summed E-state index contributed by atoms with van der Waals surface area (Å²) in [6.45, 7) is 6.18. The lowest BCUT2D eigenvalue weighted by molar-refractivity contribution is -0.127. The molecule has 0 bridgehead atoms. The molecular formula is C24H30O8. The highest BCUT2D eigenvalue weighted by molar-refractivity contribution is 6.24. The highest BCUT2D eigenvalue weighted by Gasteiger charge is 2.43. The van der Waals surface area contributed by atoms with Gasteiger partial charge in [0.15, 0.2) is 17.3 Å². The Morgan fingerprint density at radius 1 is 1.06 bits per heavy atom. The first-order valence-corrected chi connectivity index (χ1v) is 10.5. The molecule has 0 saturated carbocycles. The van der Waals surface area contributed by atoms with Gasteiger partial charge in [-0.2, -0.15) is 0 Å². The lowest BCUT2D eigenvalue weighted by Gasteiger charge is -2.29. The average Bonchev–Trinajstić information content (AvgIpc) is 2.73. The standard InChI is InChI=1S/C24H30O8/c1-6-8-14(25)18-16(27)11-17(32-5)13(21(18)29)9-7-10-15(26)19-20(28)12(2)22(30)24(3,4)23(19)31/h11,27-30H,6-10H2,1-5H3. The van der Waals surface area contributed by atoms with Crippen molar-refractivity contribution in [3.63, 3.8) is 0 Å². The summed E-state index contributed by atoms with van der Waals surface area (Å²) in [7, 11) is 1.35. The summed E-state index contributed by atoms with van der Waals surface area (Å²) >= 11 is 0. The predicted octanol–water partition coefficient (Wildman–Crippen LogP) is 4.23. The van der Waals surface area contributed by atoms with Gasteiger partial charge < -0.3 is 25.2 Å². The average molecular weight is 446 g/mol. The number of benzene rings is 1. The molecule has 0 aromatic heterocycles. The minimum absolute atomic E-state index is 0.0786. The van der Waals surface area contributed by atoms with Crippen LogP contribution in [-0.2, 0) is 16.0 Å². The largest absolute Gasteiger partial charge is 0.511 e. The Morgan fingerprint density at radius 2 is 1.69 bits per heavy atom. The van der Waals surface area contributed by atoms with Crippen molar-refractivity contribution in [2.75, 3.05) is 7.11 Å². The number of phenolic OH excluding ortho intramolecular Hbond substituents is 2. The molecule has 1 aromatic rings. The van der Waals surface area contributed by atoms with Crippen LogP contribution in [0.2, 0.25) is 0 Å². The van der Waals surface area contributed by atoms with Gasteiger partial charge in [-0.15, -0.1) is 0 Å². The molecule has 0 unspecified atom stereocenters. The van der Waals surface area contributed by atoms with Crippen LogP contribution in [-0.4, -0.2) is 44.9 Å². The van der Waals surface area contributed by atoms with E-state index < -0.39 is 34.3 Å². The fraction of sp³-hybridized carbons (Fsp3) is 0.458. The van der Waals surface area contributed by atoms with Crippen molar-refractivity contribution in [2.45, 2.75) is 59.8 Å². The second-order valence-electron chi connectivity index (χ2n) is 8.40. The summed E-state index contributed by atoms with van der Waals surface area (Å²) < 4.78 is 5.21. The van der Waals surface area contributed by atoms with Crippen LogP contribution in [0.15, 0.2) is 28.7 Å². The van der Waals surface area contributed by atoms with Crippen LogP contribution >= 0.6 is 0 Å². The number of aromatic hydroxyl groups is 2. The molecule has 4 N–H and O–H groups in total. The normalized spacial score (nSPS) is 15.8. The van der Waals surface area contributed by atoms with Crippen LogP contribution in [0.3, 0.4) is 0 Å². The van der Waals surface area contributed by atoms with E-state index in [4.69, 9.17) is 4.74 Å². The third-order valence-electron chi connectivity index (χ3n) is 5.76. The van der Waals surface area contributed by atoms with E-state index in [0.717, 1.165) is 0 Å². The van der Waals surface area contributed by atoms with Crippen LogP contribution in [0.1, 0.15) is 69.3 Å². The first kappa shape index (κ1) is 25.0. The Morgan fingerprint density at radius 3 is 2.25 bits per heavy atom. The number of allylic oxidation sites excluding steroid dienone is 3. The highest BCUT2D eigenvalue weighted by Crippen LogP contribution is 2.41. The van der Waals surface area contributed by atoms with E-state index in [-0.39, 0.29) is 65.2 Å². The van der Waals surface area contributed by atoms with E-state index in [0.29, 0.717) is 6.42 Å². The topological polar surface area (TPSA) is 141 Å². The summed E-state index contributed by atoms with van der Waals surface area (Å²) in [5, 5.41) is 41.2. The number of carbonyl (C=O) groups excluding carboxylic acids is 3. The minimum atomic E-state index is -1.33. The number of aliphatic hydroxyl groups is 2. The molecule has 1 aliphatic carbocycles. The number of rotatable bonds is 9. The molecule has 0 aliphatic heterocycles. The van der Waals surface area contributed by atoms with Crippen molar-refractivity contribution in [1.29, 1.82) is 0 Å². The predicted molar refractivity (Wildman–Crippen MR) is 117 cm³/mol. The van der Waals surface area contributed by atoms with Gasteiger partial charge >= 0.3 is 0 Å². The molecule has 0 atom stereocenters. The molecule has 8 heteroatoms. The van der Waals surface area contributed by atoms with E-state index in [2.05, 4.69) is 0 Å². The number of ether oxygens (including phenoxy) is 1. The van der Waals surface area contributed by atoms with Gasteiger partial charge in [0.05, 0.1) is 12.5 Å². The van der Waals surface area contributed by atoms with E-state index in [1.807, 2.05) is 0 Å². The summed E-state index contributed by atoms with van der Waals surface area (Å²) in [6.07, 6.45) is 0.862. The number of hydrogen-bond donors (Lipinski definition) is 4. The van der Waals surface area contributed by atoms with Crippen LogP contribution < -0.4 is 4.74 Å². The lowest BCUT2D eigenvalue weighted by atomic mass is 9.74. The maximum Gasteiger partial charge on any atom is 0.183 e. The molecular weight excluding hydrogens is 416 g/mol. The van der Waals surface area contributed by atoms with Crippen molar-refractivity contribution < 1.29 is 39.5 Å². The Bertz CT molecular complexity index is 1030. The number of Topliss-reactive ketones (excluding diaryl/α,β-unsaturated/α-hetero) is 3. The Hall–Kier alpha value is -3.29. The second kappa shape index (κ2) is 9.46. The Labute approximate surface area is 186 Å². The fourth-order valence-electron chi connectivity index (χ4n) is 3.83. The molecule has 8 nitrogen and oxygen atoms in total. The maximum atomic E-state index is 12.8. The molecule has 0 amide bonds. The van der Waals surface area contributed by atoms with Gasteiger partial charge in [0.25, 0.3) is 0 Å². The van der Waals surface area contributed by atoms with Crippen molar-refractivity contribution in [3.8, 4) is 17.2 Å². The van der Waals surface area contributed by atoms with Crippen molar-refractivity contribution in [1.82, 2.24) is 0 Å². The van der Waals surface area contributed by atoms with Gasteiger partial charge in [-0.05, 0) is 40.0 Å². The smallest absolute Gasteiger partial charge is 0.183 e. The van der Waals surface area contributed by atoms with Crippen LogP contribution in [0.25, 0.3) is 0 Å². The van der Waals surface area contributed by atoms with Crippen LogP contribution in [0.4, 0.5) is 0 Å². The molecule has 174 valence electrons. The third-order valence-corrected chi connectivity index (χ3v) is 5.76. The number of carbonyl (C=O) groups is 3. The second-order valence-corrected chi connectivity index (χ2v) is 8.40. The zero-order valence-corrected chi connectivity index (χ0v) is 19.0. The quantitative estimate of drug-likeness (QED) is 0.326. The van der Waals surface area contributed by atoms with Crippen molar-refractivity contribution >= 4 is 17.3 Å². The third kappa shape index (κ3) is 4.35. The van der Waals surface area contributed by atoms with Gasteiger partial charge in [-0.25, -0.2) is 0 Å². The van der Waals surface area contributed by atoms with E-state index in [1.54, 1.807) is 6.92 Å². The summed E-state index contributed by atoms with van der Waals surface area (Å²) in [5.74, 6) is -3.09. The summed E-state index contributed by atoms with van der Waals surface area (Å²) in [6, 6.07) is 1.25. The molecule has 1 aromatic carbocycles. The molecule has 0 fully saturated rings. The van der Waals surface area contributed by atoms with Crippen LogP contribution in [0, 0.1) is 5.41 Å². The van der Waals surface area contributed by atoms with Gasteiger partial charge in [0.1, 0.15) is 39.9 Å². The molecule has 0 heterocycles. The summed E-state index contributed by atoms with van der Waals surface area (Å²) in [5.41, 5.74) is -1.52. The summed E-state index contributed by atoms with van der Waals surface area (Å²) in [4.78, 5) is 37.8. The zero-order valence-electron chi connectivity index (χ0n) is 19.0. The monoisotopic (exact) mass is 446 g/mol. The number of phenols is 2. The number of methoxy groups -OCH3 is 1. The zero-order chi connectivity index (χ0) is 24.4. The lowest BCUT2D eigenvalue weighted by Crippen LogP contribution is -2.36. The fourth-order valence-corrected chi connectivity index (χ4v) is 3.83. The van der Waals surface area contributed by atoms with Crippen molar-refractivity contribution in [3.05, 3.63) is 39.9 Å². The molecule has 0 saturated heterocycles. The molecule has 32 heavy (non-hydrogen) atoms. The van der Waals surface area contributed by atoms with Gasteiger partial charge in [-0.3, -0.25) is 14.4 Å². The van der Waals surface area contributed by atoms with Gasteiger partial charge in [0.2, 0.25) is 0 Å².